The minimum Gasteiger partial charge on any atom is -0.309 e. The zero-order chi connectivity index (χ0) is 37.7. The highest BCUT2D eigenvalue weighted by molar-refractivity contribution is 6.20. The van der Waals surface area contributed by atoms with Gasteiger partial charge in [-0.1, -0.05) is 152 Å². The quantitative estimate of drug-likeness (QED) is 0.160. The number of hydrogen-bond donors (Lipinski definition) is 0. The molecule has 0 saturated heterocycles. The highest BCUT2D eigenvalue weighted by atomic mass is 15.0. The average Bonchev–Trinajstić information content (AvgIpc) is 3.61. The molecule has 3 aromatic heterocycles. The van der Waals surface area contributed by atoms with Gasteiger partial charge >= 0.3 is 0 Å². The zero-order valence-electron chi connectivity index (χ0n) is 30.8. The van der Waals surface area contributed by atoms with Crippen LogP contribution in [0, 0.1) is 0 Å². The Morgan fingerprint density at radius 3 is 1.49 bits per heavy atom. The third kappa shape index (κ3) is 5.72. The van der Waals surface area contributed by atoms with Gasteiger partial charge in [-0.2, -0.15) is 0 Å². The van der Waals surface area contributed by atoms with E-state index in [2.05, 4.69) is 144 Å². The van der Waals surface area contributed by atoms with E-state index in [9.17, 15) is 0 Å². The Morgan fingerprint density at radius 1 is 0.281 bits per heavy atom. The summed E-state index contributed by atoms with van der Waals surface area (Å²) in [7, 11) is 0. The zero-order valence-corrected chi connectivity index (χ0v) is 30.8. The van der Waals surface area contributed by atoms with Gasteiger partial charge in [0.2, 0.25) is 0 Å². The Balaban J connectivity index is 1.13. The molecule has 5 heteroatoms. The third-order valence-corrected chi connectivity index (χ3v) is 10.8. The molecule has 266 valence electrons. The van der Waals surface area contributed by atoms with Crippen LogP contribution in [0.25, 0.3) is 106 Å². The first kappa shape index (κ1) is 32.7. The molecule has 0 N–H and O–H groups in total. The minimum atomic E-state index is 0.631. The first-order valence-corrected chi connectivity index (χ1v) is 19.1. The number of hydrogen-bond acceptors (Lipinski definition) is 4. The van der Waals surface area contributed by atoms with Crippen molar-refractivity contribution in [3.63, 3.8) is 0 Å². The van der Waals surface area contributed by atoms with Gasteiger partial charge in [0, 0.05) is 49.5 Å². The van der Waals surface area contributed by atoms with Crippen LogP contribution >= 0.6 is 0 Å². The van der Waals surface area contributed by atoms with E-state index >= 15 is 0 Å². The Kier molecular flexibility index (Phi) is 7.74. The predicted octanol–water partition coefficient (Wildman–Crippen LogP) is 13.0. The fourth-order valence-corrected chi connectivity index (χ4v) is 8.09. The Bertz CT molecular complexity index is 3210. The maximum Gasteiger partial charge on any atom is 0.164 e. The SMILES string of the molecule is c1ccc(-c2nc(-c3ccccc3)nc(-c3cccc(-c4ccc5c(c4)c4cc6c(-c7ccccc7)nc7ccccc7c6cc4n5-c4ccccc4)c3)n2)cc1. The number of aromatic nitrogens is 5. The molecule has 0 saturated carbocycles. The van der Waals surface area contributed by atoms with Crippen molar-refractivity contribution < 1.29 is 0 Å². The third-order valence-electron chi connectivity index (χ3n) is 10.8. The van der Waals surface area contributed by atoms with Gasteiger partial charge in [0.25, 0.3) is 0 Å². The molecule has 0 aliphatic carbocycles. The van der Waals surface area contributed by atoms with Crippen LogP contribution < -0.4 is 0 Å². The Labute approximate surface area is 329 Å². The molecule has 0 fully saturated rings. The number of fused-ring (bicyclic) bond motifs is 6. The number of benzene rings is 8. The van der Waals surface area contributed by atoms with Crippen molar-refractivity contribution >= 4 is 43.5 Å². The lowest BCUT2D eigenvalue weighted by Gasteiger charge is -2.12. The Hall–Kier alpha value is -7.76. The maximum atomic E-state index is 5.26. The van der Waals surface area contributed by atoms with Crippen molar-refractivity contribution in [2.45, 2.75) is 0 Å². The van der Waals surface area contributed by atoms with Crippen LogP contribution in [-0.2, 0) is 0 Å². The molecule has 0 spiro atoms. The van der Waals surface area contributed by atoms with Crippen LogP contribution in [0.1, 0.15) is 0 Å². The summed E-state index contributed by atoms with van der Waals surface area (Å²) in [5.74, 6) is 1.92. The normalized spacial score (nSPS) is 11.5. The maximum absolute atomic E-state index is 5.26. The molecule has 3 heterocycles. The van der Waals surface area contributed by atoms with Crippen molar-refractivity contribution in [3.8, 4) is 62.2 Å². The van der Waals surface area contributed by atoms with Crippen molar-refractivity contribution in [1.29, 1.82) is 0 Å². The summed E-state index contributed by atoms with van der Waals surface area (Å²) in [6.45, 7) is 0. The van der Waals surface area contributed by atoms with Gasteiger partial charge in [0.05, 0.1) is 22.2 Å². The average molecular weight is 728 g/mol. The fraction of sp³-hybridized carbons (Fsp3) is 0. The topological polar surface area (TPSA) is 56.5 Å². The molecule has 8 aromatic carbocycles. The fourth-order valence-electron chi connectivity index (χ4n) is 8.09. The largest absolute Gasteiger partial charge is 0.309 e. The molecule has 0 aliphatic heterocycles. The summed E-state index contributed by atoms with van der Waals surface area (Å²) in [5, 5.41) is 5.79. The summed E-state index contributed by atoms with van der Waals surface area (Å²) < 4.78 is 2.39. The summed E-state index contributed by atoms with van der Waals surface area (Å²) in [6.07, 6.45) is 0. The first-order valence-electron chi connectivity index (χ1n) is 19.1. The number of para-hydroxylation sites is 2. The number of pyridine rings is 1. The summed E-state index contributed by atoms with van der Waals surface area (Å²) in [5.41, 5.74) is 11.5. The number of rotatable bonds is 6. The van der Waals surface area contributed by atoms with E-state index in [4.69, 9.17) is 19.9 Å². The smallest absolute Gasteiger partial charge is 0.164 e. The molecule has 0 atom stereocenters. The lowest BCUT2D eigenvalue weighted by atomic mass is 9.97. The first-order chi connectivity index (χ1) is 28.2. The standard InChI is InChI=1S/C52H33N5/c1-5-16-34(17-6-1)49-45-32-44-43-31-38(28-29-47(43)57(40-24-11-4-12-25-40)48(44)33-42(45)41-26-13-14-27-46(41)53-49)37-22-15-23-39(30-37)52-55-50(35-18-7-2-8-19-35)54-51(56-52)36-20-9-3-10-21-36/h1-33H. The lowest BCUT2D eigenvalue weighted by Crippen LogP contribution is -2.00. The van der Waals surface area contributed by atoms with Crippen molar-refractivity contribution in [3.05, 3.63) is 200 Å². The highest BCUT2D eigenvalue weighted by Crippen LogP contribution is 2.41. The molecular weight excluding hydrogens is 695 g/mol. The van der Waals surface area contributed by atoms with Crippen LogP contribution in [0.3, 0.4) is 0 Å². The number of nitrogens with zero attached hydrogens (tertiary/aromatic N) is 5. The van der Waals surface area contributed by atoms with E-state index in [1.54, 1.807) is 0 Å². The molecule has 11 rings (SSSR count). The van der Waals surface area contributed by atoms with Crippen molar-refractivity contribution in [1.82, 2.24) is 24.5 Å². The van der Waals surface area contributed by atoms with Crippen LogP contribution in [0.15, 0.2) is 200 Å². The van der Waals surface area contributed by atoms with E-state index in [1.165, 1.54) is 16.2 Å². The van der Waals surface area contributed by atoms with Crippen LogP contribution in [0.2, 0.25) is 0 Å². The van der Waals surface area contributed by atoms with Gasteiger partial charge in [0.1, 0.15) is 0 Å². The molecule has 11 aromatic rings. The lowest BCUT2D eigenvalue weighted by molar-refractivity contribution is 1.07. The van der Waals surface area contributed by atoms with Gasteiger partial charge in [-0.25, -0.2) is 19.9 Å². The molecule has 0 aliphatic rings. The molecular formula is C52H33N5. The van der Waals surface area contributed by atoms with Gasteiger partial charge in [0.15, 0.2) is 17.5 Å². The second-order valence-corrected chi connectivity index (χ2v) is 14.3. The van der Waals surface area contributed by atoms with E-state index in [0.717, 1.165) is 72.1 Å². The van der Waals surface area contributed by atoms with E-state index in [1.807, 2.05) is 60.7 Å². The van der Waals surface area contributed by atoms with Gasteiger partial charge in [-0.3, -0.25) is 0 Å². The molecule has 0 bridgehead atoms. The van der Waals surface area contributed by atoms with Crippen molar-refractivity contribution in [2.75, 3.05) is 0 Å². The second-order valence-electron chi connectivity index (χ2n) is 14.3. The summed E-state index contributed by atoms with van der Waals surface area (Å²) in [6, 6.07) is 69.9. The predicted molar refractivity (Wildman–Crippen MR) is 234 cm³/mol. The van der Waals surface area contributed by atoms with Gasteiger partial charge < -0.3 is 4.57 Å². The van der Waals surface area contributed by atoms with E-state index < -0.39 is 0 Å². The van der Waals surface area contributed by atoms with Gasteiger partial charge in [-0.05, 0) is 65.0 Å². The molecule has 57 heavy (non-hydrogen) atoms. The molecule has 0 radical (unpaired) electrons. The molecule has 0 unspecified atom stereocenters. The highest BCUT2D eigenvalue weighted by Gasteiger charge is 2.19. The summed E-state index contributed by atoms with van der Waals surface area (Å²) in [4.78, 5) is 20.2. The molecule has 0 amide bonds. The van der Waals surface area contributed by atoms with Crippen molar-refractivity contribution in [2.24, 2.45) is 0 Å². The van der Waals surface area contributed by atoms with Crippen LogP contribution in [0.5, 0.6) is 0 Å². The Morgan fingerprint density at radius 2 is 0.807 bits per heavy atom. The van der Waals surface area contributed by atoms with Crippen LogP contribution in [0.4, 0.5) is 0 Å². The monoisotopic (exact) mass is 727 g/mol. The van der Waals surface area contributed by atoms with Crippen LogP contribution in [-0.4, -0.2) is 24.5 Å². The van der Waals surface area contributed by atoms with Gasteiger partial charge in [-0.15, -0.1) is 0 Å². The second kappa shape index (κ2) is 13.5. The molecule has 5 nitrogen and oxygen atoms in total. The summed E-state index contributed by atoms with van der Waals surface area (Å²) >= 11 is 0. The minimum absolute atomic E-state index is 0.631. The van der Waals surface area contributed by atoms with E-state index in [0.29, 0.717) is 17.5 Å². The van der Waals surface area contributed by atoms with E-state index in [-0.39, 0.29) is 0 Å².